The maximum atomic E-state index is 11.1. The first-order valence-electron chi connectivity index (χ1n) is 4.93. The third-order valence-electron chi connectivity index (χ3n) is 2.51. The van der Waals surface area contributed by atoms with Crippen molar-refractivity contribution in [3.63, 3.8) is 0 Å². The Morgan fingerprint density at radius 2 is 2.14 bits per heavy atom. The Kier molecular flexibility index (Phi) is 3.00. The van der Waals surface area contributed by atoms with Gasteiger partial charge in [-0.05, 0) is 0 Å². The molecule has 0 aliphatic carbocycles. The summed E-state index contributed by atoms with van der Waals surface area (Å²) in [5.74, 6) is -0.264. The Morgan fingerprint density at radius 3 is 2.79 bits per heavy atom. The molecule has 0 bridgehead atoms. The van der Waals surface area contributed by atoms with Gasteiger partial charge in [0.15, 0.2) is 0 Å². The summed E-state index contributed by atoms with van der Waals surface area (Å²) in [7, 11) is 0. The third-order valence-corrected chi connectivity index (χ3v) is 2.51. The predicted octanol–water partition coefficient (Wildman–Crippen LogP) is -0.653. The highest BCUT2D eigenvalue weighted by atomic mass is 16.4. The van der Waals surface area contributed by atoms with E-state index in [-0.39, 0.29) is 5.76 Å². The normalized spacial score (nSPS) is 18.6. The van der Waals surface area contributed by atoms with Crippen LogP contribution in [0.2, 0.25) is 0 Å². The van der Waals surface area contributed by atoms with E-state index in [1.165, 1.54) is 6.26 Å². The zero-order chi connectivity index (χ0) is 9.80. The van der Waals surface area contributed by atoms with Crippen molar-refractivity contribution in [1.29, 1.82) is 0 Å². The van der Waals surface area contributed by atoms with E-state index in [1.54, 1.807) is 10.8 Å². The standard InChI is InChI=1S/C9H15N3O2/c13-9-12(7-8-14-9)6-5-11-3-1-10-2-4-11/h7-8,10H,1-6H2. The molecular formula is C9H15N3O2. The minimum absolute atomic E-state index is 0.264. The molecule has 78 valence electrons. The zero-order valence-electron chi connectivity index (χ0n) is 8.11. The molecule has 1 aromatic heterocycles. The number of nitrogens with zero attached hydrogens (tertiary/aromatic N) is 2. The van der Waals surface area contributed by atoms with Crippen LogP contribution in [0.1, 0.15) is 0 Å². The highest BCUT2D eigenvalue weighted by Gasteiger charge is 2.09. The summed E-state index contributed by atoms with van der Waals surface area (Å²) in [6.45, 7) is 5.84. The van der Waals surface area contributed by atoms with Crippen molar-refractivity contribution in [3.8, 4) is 0 Å². The second-order valence-corrected chi connectivity index (χ2v) is 3.45. The maximum absolute atomic E-state index is 11.1. The number of hydrogen-bond acceptors (Lipinski definition) is 4. The second kappa shape index (κ2) is 4.43. The Labute approximate surface area is 82.3 Å². The van der Waals surface area contributed by atoms with Crippen LogP contribution in [0.5, 0.6) is 0 Å². The van der Waals surface area contributed by atoms with Crippen LogP contribution < -0.4 is 11.1 Å². The Morgan fingerprint density at radius 1 is 1.36 bits per heavy atom. The third kappa shape index (κ3) is 2.24. The first kappa shape index (κ1) is 9.48. The Hall–Kier alpha value is -1.07. The molecule has 0 radical (unpaired) electrons. The first-order valence-corrected chi connectivity index (χ1v) is 4.93. The number of nitrogens with one attached hydrogen (secondary N) is 1. The Bertz CT molecular complexity index is 325. The highest BCUT2D eigenvalue weighted by molar-refractivity contribution is 4.72. The molecule has 2 heterocycles. The fourth-order valence-corrected chi connectivity index (χ4v) is 1.64. The summed E-state index contributed by atoms with van der Waals surface area (Å²) in [6, 6.07) is 0. The molecule has 2 rings (SSSR count). The minimum Gasteiger partial charge on any atom is -0.416 e. The lowest BCUT2D eigenvalue weighted by Gasteiger charge is -2.26. The van der Waals surface area contributed by atoms with Gasteiger partial charge < -0.3 is 9.73 Å². The van der Waals surface area contributed by atoms with E-state index in [4.69, 9.17) is 0 Å². The average molecular weight is 197 g/mol. The molecule has 1 fully saturated rings. The minimum atomic E-state index is -0.264. The molecule has 1 saturated heterocycles. The van der Waals surface area contributed by atoms with Crippen molar-refractivity contribution in [2.75, 3.05) is 32.7 Å². The summed E-state index contributed by atoms with van der Waals surface area (Å²) in [4.78, 5) is 13.4. The molecule has 5 nitrogen and oxygen atoms in total. The van der Waals surface area contributed by atoms with Gasteiger partial charge in [0.1, 0.15) is 6.26 Å². The topological polar surface area (TPSA) is 50.4 Å². The average Bonchev–Trinajstić information content (AvgIpc) is 2.63. The number of oxazole rings is 1. The van der Waals surface area contributed by atoms with Crippen LogP contribution >= 0.6 is 0 Å². The van der Waals surface area contributed by atoms with Crippen molar-refractivity contribution in [1.82, 2.24) is 14.8 Å². The van der Waals surface area contributed by atoms with E-state index in [9.17, 15) is 4.79 Å². The lowest BCUT2D eigenvalue weighted by Crippen LogP contribution is -2.44. The zero-order valence-corrected chi connectivity index (χ0v) is 8.11. The molecule has 1 aliphatic rings. The molecule has 0 atom stereocenters. The van der Waals surface area contributed by atoms with Crippen LogP contribution in [-0.4, -0.2) is 42.2 Å². The van der Waals surface area contributed by atoms with Gasteiger partial charge in [-0.3, -0.25) is 9.47 Å². The predicted molar refractivity (Wildman–Crippen MR) is 52.3 cm³/mol. The monoisotopic (exact) mass is 197 g/mol. The van der Waals surface area contributed by atoms with Crippen molar-refractivity contribution in [3.05, 3.63) is 23.0 Å². The molecule has 1 N–H and O–H groups in total. The first-order chi connectivity index (χ1) is 6.86. The molecule has 0 amide bonds. The quantitative estimate of drug-likeness (QED) is 0.699. The number of piperazine rings is 1. The molecule has 5 heteroatoms. The van der Waals surface area contributed by atoms with Crippen LogP contribution in [0.3, 0.4) is 0 Å². The van der Waals surface area contributed by atoms with Gasteiger partial charge in [-0.1, -0.05) is 0 Å². The van der Waals surface area contributed by atoms with E-state index in [0.29, 0.717) is 0 Å². The fraction of sp³-hybridized carbons (Fsp3) is 0.667. The largest absolute Gasteiger partial charge is 0.418 e. The molecule has 14 heavy (non-hydrogen) atoms. The summed E-state index contributed by atoms with van der Waals surface area (Å²) < 4.78 is 6.28. The molecular weight excluding hydrogens is 182 g/mol. The van der Waals surface area contributed by atoms with Crippen LogP contribution in [0.25, 0.3) is 0 Å². The molecule has 0 spiro atoms. The van der Waals surface area contributed by atoms with Crippen molar-refractivity contribution >= 4 is 0 Å². The SMILES string of the molecule is O=c1occn1CCN1CCNCC1. The number of aromatic nitrogens is 1. The van der Waals surface area contributed by atoms with Gasteiger partial charge in [-0.15, -0.1) is 0 Å². The Balaban J connectivity index is 1.82. The summed E-state index contributed by atoms with van der Waals surface area (Å²) in [5.41, 5.74) is 0. The van der Waals surface area contributed by atoms with E-state index >= 15 is 0 Å². The van der Waals surface area contributed by atoms with Gasteiger partial charge in [0.25, 0.3) is 0 Å². The lowest BCUT2D eigenvalue weighted by atomic mass is 10.3. The van der Waals surface area contributed by atoms with Gasteiger partial charge in [0, 0.05) is 45.5 Å². The van der Waals surface area contributed by atoms with Crippen LogP contribution in [0, 0.1) is 0 Å². The second-order valence-electron chi connectivity index (χ2n) is 3.45. The van der Waals surface area contributed by atoms with E-state index in [0.717, 1.165) is 39.3 Å². The molecule has 0 aromatic carbocycles. The van der Waals surface area contributed by atoms with Gasteiger partial charge in [-0.2, -0.15) is 0 Å². The van der Waals surface area contributed by atoms with Crippen LogP contribution in [0.15, 0.2) is 21.7 Å². The molecule has 0 unspecified atom stereocenters. The highest BCUT2D eigenvalue weighted by Crippen LogP contribution is 1.93. The van der Waals surface area contributed by atoms with E-state index in [2.05, 4.69) is 14.6 Å². The van der Waals surface area contributed by atoms with Crippen LogP contribution in [0.4, 0.5) is 0 Å². The molecule has 0 saturated carbocycles. The summed E-state index contributed by atoms with van der Waals surface area (Å²) >= 11 is 0. The lowest BCUT2D eigenvalue weighted by molar-refractivity contribution is 0.230. The van der Waals surface area contributed by atoms with Gasteiger partial charge >= 0.3 is 5.76 Å². The summed E-state index contributed by atoms with van der Waals surface area (Å²) in [6.07, 6.45) is 3.12. The van der Waals surface area contributed by atoms with E-state index in [1.807, 2.05) is 0 Å². The molecule has 1 aliphatic heterocycles. The van der Waals surface area contributed by atoms with Crippen molar-refractivity contribution in [2.24, 2.45) is 0 Å². The van der Waals surface area contributed by atoms with Crippen molar-refractivity contribution < 1.29 is 4.42 Å². The van der Waals surface area contributed by atoms with E-state index < -0.39 is 0 Å². The maximum Gasteiger partial charge on any atom is 0.418 e. The van der Waals surface area contributed by atoms with Crippen molar-refractivity contribution in [2.45, 2.75) is 6.54 Å². The van der Waals surface area contributed by atoms with Gasteiger partial charge in [-0.25, -0.2) is 4.79 Å². The molecule has 1 aromatic rings. The number of hydrogen-bond donors (Lipinski definition) is 1. The summed E-state index contributed by atoms with van der Waals surface area (Å²) in [5, 5.41) is 3.29. The number of rotatable bonds is 3. The van der Waals surface area contributed by atoms with Crippen LogP contribution in [-0.2, 0) is 6.54 Å². The fourth-order valence-electron chi connectivity index (χ4n) is 1.64. The van der Waals surface area contributed by atoms with Gasteiger partial charge in [0.2, 0.25) is 0 Å². The van der Waals surface area contributed by atoms with Gasteiger partial charge in [0.05, 0.1) is 0 Å². The smallest absolute Gasteiger partial charge is 0.416 e.